The Kier molecular flexibility index (Phi) is 4.61. The molecule has 1 N–H and O–H groups in total. The van der Waals surface area contributed by atoms with E-state index in [2.05, 4.69) is 64.6 Å². The van der Waals surface area contributed by atoms with E-state index in [-0.39, 0.29) is 6.04 Å². The monoisotopic (exact) mass is 319 g/mol. The van der Waals surface area contributed by atoms with Crippen molar-refractivity contribution < 1.29 is 4.74 Å². The quantitative estimate of drug-likeness (QED) is 0.917. The second kappa shape index (κ2) is 6.22. The third kappa shape index (κ3) is 3.17. The van der Waals surface area contributed by atoms with E-state index in [0.29, 0.717) is 0 Å². The summed E-state index contributed by atoms with van der Waals surface area (Å²) in [6, 6.07) is 14.7. The summed E-state index contributed by atoms with van der Waals surface area (Å²) >= 11 is 3.47. The van der Waals surface area contributed by atoms with Gasteiger partial charge in [-0.25, -0.2) is 0 Å². The molecule has 100 valence electrons. The van der Waals surface area contributed by atoms with Gasteiger partial charge in [-0.05, 0) is 37.7 Å². The molecule has 2 nitrogen and oxygen atoms in total. The lowest BCUT2D eigenvalue weighted by Crippen LogP contribution is -2.18. The lowest BCUT2D eigenvalue weighted by molar-refractivity contribution is 0.405. The van der Waals surface area contributed by atoms with Crippen LogP contribution in [0, 0.1) is 6.92 Å². The summed E-state index contributed by atoms with van der Waals surface area (Å²) in [5, 5.41) is 3.36. The highest BCUT2D eigenvalue weighted by molar-refractivity contribution is 9.10. The van der Waals surface area contributed by atoms with Gasteiger partial charge in [0.15, 0.2) is 0 Å². The number of aryl methyl sites for hydroxylation is 1. The fourth-order valence-corrected chi connectivity index (χ4v) is 2.50. The lowest BCUT2D eigenvalue weighted by atomic mass is 9.96. The van der Waals surface area contributed by atoms with Gasteiger partial charge < -0.3 is 10.1 Å². The van der Waals surface area contributed by atoms with Crippen molar-refractivity contribution in [2.24, 2.45) is 0 Å². The molecule has 2 rings (SSSR count). The first kappa shape index (κ1) is 14.1. The van der Waals surface area contributed by atoms with E-state index in [1.165, 1.54) is 11.1 Å². The molecular formula is C16H18BrNO. The third-order valence-electron chi connectivity index (χ3n) is 3.19. The number of methoxy groups -OCH3 is 1. The Hall–Kier alpha value is -1.32. The van der Waals surface area contributed by atoms with Crippen LogP contribution in [0.1, 0.15) is 22.7 Å². The molecule has 1 unspecified atom stereocenters. The number of benzene rings is 2. The molecule has 0 bridgehead atoms. The fraction of sp³-hybridized carbons (Fsp3) is 0.250. The van der Waals surface area contributed by atoms with E-state index in [4.69, 9.17) is 4.74 Å². The Bertz CT molecular complexity index is 551. The number of hydrogen-bond donors (Lipinski definition) is 1. The van der Waals surface area contributed by atoms with Crippen molar-refractivity contribution in [2.75, 3.05) is 14.2 Å². The minimum atomic E-state index is 0.128. The Balaban J connectivity index is 2.47. The maximum absolute atomic E-state index is 5.48. The van der Waals surface area contributed by atoms with Crippen molar-refractivity contribution in [1.82, 2.24) is 5.32 Å². The van der Waals surface area contributed by atoms with Crippen molar-refractivity contribution >= 4 is 15.9 Å². The molecule has 3 heteroatoms. The van der Waals surface area contributed by atoms with E-state index in [1.807, 2.05) is 13.1 Å². The first-order chi connectivity index (χ1) is 9.15. The van der Waals surface area contributed by atoms with Gasteiger partial charge in [0.25, 0.3) is 0 Å². The van der Waals surface area contributed by atoms with Crippen LogP contribution in [-0.4, -0.2) is 14.2 Å². The molecular weight excluding hydrogens is 302 g/mol. The van der Waals surface area contributed by atoms with Gasteiger partial charge in [0.2, 0.25) is 0 Å². The standard InChI is InChI=1S/C16H18BrNO/c1-11-4-9-15(19-3)14(10-11)16(18-2)12-5-7-13(17)8-6-12/h4-10,16,18H,1-3H3. The van der Waals surface area contributed by atoms with Crippen LogP contribution < -0.4 is 10.1 Å². The van der Waals surface area contributed by atoms with Crippen molar-refractivity contribution in [3.05, 3.63) is 63.6 Å². The van der Waals surface area contributed by atoms with Crippen molar-refractivity contribution in [2.45, 2.75) is 13.0 Å². The predicted octanol–water partition coefficient (Wildman–Crippen LogP) is 4.07. The first-order valence-corrected chi connectivity index (χ1v) is 7.02. The molecule has 2 aromatic carbocycles. The molecule has 0 saturated heterocycles. The minimum Gasteiger partial charge on any atom is -0.496 e. The van der Waals surface area contributed by atoms with Crippen LogP contribution in [0.5, 0.6) is 5.75 Å². The molecule has 0 spiro atoms. The third-order valence-corrected chi connectivity index (χ3v) is 3.72. The Labute approximate surface area is 122 Å². The number of ether oxygens (including phenoxy) is 1. The van der Waals surface area contributed by atoms with Crippen molar-refractivity contribution in [3.8, 4) is 5.75 Å². The van der Waals surface area contributed by atoms with Crippen LogP contribution in [0.15, 0.2) is 46.9 Å². The molecule has 2 aromatic rings. The van der Waals surface area contributed by atoms with Gasteiger partial charge in [0.05, 0.1) is 13.2 Å². The van der Waals surface area contributed by atoms with Crippen molar-refractivity contribution in [3.63, 3.8) is 0 Å². The summed E-state index contributed by atoms with van der Waals surface area (Å²) < 4.78 is 6.56. The molecule has 0 aliphatic rings. The maximum atomic E-state index is 5.48. The van der Waals surface area contributed by atoms with Gasteiger partial charge in [-0.2, -0.15) is 0 Å². The second-order valence-electron chi connectivity index (χ2n) is 4.52. The van der Waals surface area contributed by atoms with Gasteiger partial charge in [0.1, 0.15) is 5.75 Å². The van der Waals surface area contributed by atoms with Gasteiger partial charge in [-0.3, -0.25) is 0 Å². The predicted molar refractivity (Wildman–Crippen MR) is 82.8 cm³/mol. The Morgan fingerprint density at radius 3 is 2.37 bits per heavy atom. The Morgan fingerprint density at radius 1 is 1.11 bits per heavy atom. The summed E-state index contributed by atoms with van der Waals surface area (Å²) in [4.78, 5) is 0. The first-order valence-electron chi connectivity index (χ1n) is 6.23. The maximum Gasteiger partial charge on any atom is 0.123 e. The molecule has 1 atom stereocenters. The van der Waals surface area contributed by atoms with Crippen LogP contribution in [0.4, 0.5) is 0 Å². The zero-order valence-corrected chi connectivity index (χ0v) is 13.0. The van der Waals surface area contributed by atoms with E-state index in [9.17, 15) is 0 Å². The Morgan fingerprint density at radius 2 is 1.79 bits per heavy atom. The molecule has 0 aliphatic heterocycles. The highest BCUT2D eigenvalue weighted by atomic mass is 79.9. The number of nitrogens with one attached hydrogen (secondary N) is 1. The zero-order chi connectivity index (χ0) is 13.8. The van der Waals surface area contributed by atoms with Gasteiger partial charge in [0, 0.05) is 10.0 Å². The number of hydrogen-bond acceptors (Lipinski definition) is 2. The summed E-state index contributed by atoms with van der Waals surface area (Å²) in [5.74, 6) is 0.910. The SMILES string of the molecule is CNC(c1ccc(Br)cc1)c1cc(C)ccc1OC. The molecule has 0 aliphatic carbocycles. The average Bonchev–Trinajstić information content (AvgIpc) is 2.42. The van der Waals surface area contributed by atoms with Gasteiger partial charge in [-0.1, -0.05) is 45.8 Å². The molecule has 19 heavy (non-hydrogen) atoms. The molecule has 0 aromatic heterocycles. The summed E-state index contributed by atoms with van der Waals surface area (Å²) in [6.07, 6.45) is 0. The van der Waals surface area contributed by atoms with E-state index < -0.39 is 0 Å². The smallest absolute Gasteiger partial charge is 0.123 e. The van der Waals surface area contributed by atoms with Gasteiger partial charge in [-0.15, -0.1) is 0 Å². The van der Waals surface area contributed by atoms with Crippen molar-refractivity contribution in [1.29, 1.82) is 0 Å². The molecule has 0 fully saturated rings. The van der Waals surface area contributed by atoms with Crippen LogP contribution in [0.3, 0.4) is 0 Å². The minimum absolute atomic E-state index is 0.128. The number of halogens is 1. The topological polar surface area (TPSA) is 21.3 Å². The molecule has 0 heterocycles. The van der Waals surface area contributed by atoms with Crippen LogP contribution in [-0.2, 0) is 0 Å². The summed E-state index contributed by atoms with van der Waals surface area (Å²) in [7, 11) is 3.68. The lowest BCUT2D eigenvalue weighted by Gasteiger charge is -2.20. The largest absolute Gasteiger partial charge is 0.496 e. The highest BCUT2D eigenvalue weighted by Crippen LogP contribution is 2.31. The second-order valence-corrected chi connectivity index (χ2v) is 5.43. The van der Waals surface area contributed by atoms with E-state index in [0.717, 1.165) is 15.8 Å². The van der Waals surface area contributed by atoms with Crippen LogP contribution in [0.2, 0.25) is 0 Å². The summed E-state index contributed by atoms with van der Waals surface area (Å²) in [5.41, 5.74) is 3.61. The highest BCUT2D eigenvalue weighted by Gasteiger charge is 2.16. The van der Waals surface area contributed by atoms with Crippen LogP contribution >= 0.6 is 15.9 Å². The van der Waals surface area contributed by atoms with Crippen LogP contribution in [0.25, 0.3) is 0 Å². The normalized spacial score (nSPS) is 12.2. The average molecular weight is 320 g/mol. The number of rotatable bonds is 4. The summed E-state index contributed by atoms with van der Waals surface area (Å²) in [6.45, 7) is 2.09. The molecule has 0 saturated carbocycles. The molecule has 0 amide bonds. The van der Waals surface area contributed by atoms with E-state index in [1.54, 1.807) is 7.11 Å². The van der Waals surface area contributed by atoms with E-state index >= 15 is 0 Å². The molecule has 0 radical (unpaired) electrons. The zero-order valence-electron chi connectivity index (χ0n) is 11.4. The fourth-order valence-electron chi connectivity index (χ4n) is 2.24. The van der Waals surface area contributed by atoms with Gasteiger partial charge >= 0.3 is 0 Å².